The second-order valence-electron chi connectivity index (χ2n) is 4.59. The molecule has 0 bridgehead atoms. The third kappa shape index (κ3) is 2.93. The molecule has 0 aliphatic rings. The van der Waals surface area contributed by atoms with E-state index in [1.165, 1.54) is 6.07 Å². The number of ether oxygens (including phenoxy) is 1. The van der Waals surface area contributed by atoms with Crippen molar-refractivity contribution < 1.29 is 9.13 Å². The maximum absolute atomic E-state index is 13.8. The maximum atomic E-state index is 13.8. The number of rotatable bonds is 4. The Morgan fingerprint density at radius 3 is 2.32 bits per heavy atom. The first-order valence-corrected chi connectivity index (χ1v) is 6.29. The molecule has 0 aromatic heterocycles. The van der Waals surface area contributed by atoms with Crippen LogP contribution in [0.4, 0.5) is 4.39 Å². The summed E-state index contributed by atoms with van der Waals surface area (Å²) < 4.78 is 19.4. The molecular weight excluding hydrogens is 241 g/mol. The molecule has 0 amide bonds. The van der Waals surface area contributed by atoms with Gasteiger partial charge in [0.2, 0.25) is 0 Å². The minimum absolute atomic E-state index is 0.257. The monoisotopic (exact) mass is 259 g/mol. The van der Waals surface area contributed by atoms with Gasteiger partial charge in [-0.3, -0.25) is 0 Å². The van der Waals surface area contributed by atoms with Crippen LogP contribution < -0.4 is 10.5 Å². The summed E-state index contributed by atoms with van der Waals surface area (Å²) in [7, 11) is 0. The van der Waals surface area contributed by atoms with E-state index in [1.807, 2.05) is 32.0 Å². The van der Waals surface area contributed by atoms with E-state index in [0.717, 1.165) is 16.7 Å². The number of hydrogen-bond donors (Lipinski definition) is 1. The smallest absolute Gasteiger partial charge is 0.165 e. The van der Waals surface area contributed by atoms with Crippen LogP contribution in [0.1, 0.15) is 22.3 Å². The van der Waals surface area contributed by atoms with Gasteiger partial charge in [-0.15, -0.1) is 0 Å². The van der Waals surface area contributed by atoms with E-state index >= 15 is 0 Å². The Hall–Kier alpha value is -1.87. The molecule has 0 heterocycles. The summed E-state index contributed by atoms with van der Waals surface area (Å²) in [5.74, 6) is -0.109. The zero-order valence-electron chi connectivity index (χ0n) is 11.2. The van der Waals surface area contributed by atoms with Gasteiger partial charge in [0.1, 0.15) is 6.61 Å². The van der Waals surface area contributed by atoms with Gasteiger partial charge in [-0.2, -0.15) is 0 Å². The van der Waals surface area contributed by atoms with E-state index in [9.17, 15) is 4.39 Å². The first-order valence-electron chi connectivity index (χ1n) is 6.29. The first kappa shape index (κ1) is 13.6. The van der Waals surface area contributed by atoms with E-state index in [0.29, 0.717) is 12.2 Å². The first-order chi connectivity index (χ1) is 9.13. The molecule has 2 aromatic carbocycles. The lowest BCUT2D eigenvalue weighted by Gasteiger charge is -2.14. The van der Waals surface area contributed by atoms with Crippen molar-refractivity contribution >= 4 is 0 Å². The molecule has 0 unspecified atom stereocenters. The number of aryl methyl sites for hydroxylation is 2. The van der Waals surface area contributed by atoms with Gasteiger partial charge in [0.05, 0.1) is 0 Å². The molecule has 19 heavy (non-hydrogen) atoms. The van der Waals surface area contributed by atoms with Gasteiger partial charge < -0.3 is 10.5 Å². The quantitative estimate of drug-likeness (QED) is 0.912. The minimum atomic E-state index is -0.366. The summed E-state index contributed by atoms with van der Waals surface area (Å²) >= 11 is 0. The Kier molecular flexibility index (Phi) is 4.17. The predicted octanol–water partition coefficient (Wildman–Crippen LogP) is 3.48. The molecule has 100 valence electrons. The standard InChI is InChI=1S/C16H18FNO/c1-11-5-3-6-12(2)14(11)10-19-16-13(9-18)7-4-8-15(16)17/h3-8H,9-10,18H2,1-2H3. The SMILES string of the molecule is Cc1cccc(C)c1COc1c(F)cccc1CN. The zero-order chi connectivity index (χ0) is 13.8. The molecule has 0 saturated heterocycles. The number of halogens is 1. The predicted molar refractivity (Wildman–Crippen MR) is 74.5 cm³/mol. The molecule has 0 aliphatic heterocycles. The van der Waals surface area contributed by atoms with Crippen molar-refractivity contribution in [3.05, 3.63) is 64.5 Å². The fourth-order valence-electron chi connectivity index (χ4n) is 2.10. The topological polar surface area (TPSA) is 35.2 Å². The van der Waals surface area contributed by atoms with E-state index in [-0.39, 0.29) is 18.1 Å². The van der Waals surface area contributed by atoms with Crippen LogP contribution in [0.2, 0.25) is 0 Å². The largest absolute Gasteiger partial charge is 0.485 e. The minimum Gasteiger partial charge on any atom is -0.485 e. The van der Waals surface area contributed by atoms with Gasteiger partial charge in [-0.1, -0.05) is 30.3 Å². The summed E-state index contributed by atoms with van der Waals surface area (Å²) in [5.41, 5.74) is 9.67. The lowest BCUT2D eigenvalue weighted by Crippen LogP contribution is -2.06. The van der Waals surface area contributed by atoms with Crippen molar-refractivity contribution in [3.8, 4) is 5.75 Å². The molecule has 0 aliphatic carbocycles. The summed E-state index contributed by atoms with van der Waals surface area (Å²) in [4.78, 5) is 0. The van der Waals surface area contributed by atoms with Crippen molar-refractivity contribution in [1.82, 2.24) is 0 Å². The van der Waals surface area contributed by atoms with Gasteiger partial charge in [-0.25, -0.2) is 4.39 Å². The molecule has 2 N–H and O–H groups in total. The zero-order valence-corrected chi connectivity index (χ0v) is 11.2. The van der Waals surface area contributed by atoms with E-state index in [1.54, 1.807) is 12.1 Å². The number of benzene rings is 2. The highest BCUT2D eigenvalue weighted by molar-refractivity contribution is 5.37. The van der Waals surface area contributed by atoms with Gasteiger partial charge in [-0.05, 0) is 36.6 Å². The molecule has 3 heteroatoms. The van der Waals surface area contributed by atoms with Crippen LogP contribution in [0, 0.1) is 19.7 Å². The summed E-state index contributed by atoms with van der Waals surface area (Å²) in [6, 6.07) is 10.9. The fraction of sp³-hybridized carbons (Fsp3) is 0.250. The summed E-state index contributed by atoms with van der Waals surface area (Å²) in [6.45, 7) is 4.67. The van der Waals surface area contributed by atoms with Gasteiger partial charge in [0, 0.05) is 12.1 Å². The van der Waals surface area contributed by atoms with Crippen molar-refractivity contribution in [2.45, 2.75) is 27.0 Å². The fourth-order valence-corrected chi connectivity index (χ4v) is 2.10. The van der Waals surface area contributed by atoms with Gasteiger partial charge in [0.15, 0.2) is 11.6 Å². The summed E-state index contributed by atoms with van der Waals surface area (Å²) in [5, 5.41) is 0. The van der Waals surface area contributed by atoms with Gasteiger partial charge >= 0.3 is 0 Å². The van der Waals surface area contributed by atoms with E-state index < -0.39 is 0 Å². The molecule has 0 spiro atoms. The highest BCUT2D eigenvalue weighted by atomic mass is 19.1. The number of hydrogen-bond acceptors (Lipinski definition) is 2. The van der Waals surface area contributed by atoms with Crippen LogP contribution in [0.5, 0.6) is 5.75 Å². The molecule has 0 atom stereocenters. The third-order valence-corrected chi connectivity index (χ3v) is 3.27. The highest BCUT2D eigenvalue weighted by Crippen LogP contribution is 2.24. The Bertz CT molecular complexity index is 561. The van der Waals surface area contributed by atoms with E-state index in [2.05, 4.69) is 0 Å². The molecule has 0 saturated carbocycles. The third-order valence-electron chi connectivity index (χ3n) is 3.27. The number of para-hydroxylation sites is 1. The Balaban J connectivity index is 2.24. The normalized spacial score (nSPS) is 10.5. The van der Waals surface area contributed by atoms with Crippen molar-refractivity contribution in [1.29, 1.82) is 0 Å². The van der Waals surface area contributed by atoms with Crippen molar-refractivity contribution in [3.63, 3.8) is 0 Å². The van der Waals surface area contributed by atoms with Crippen LogP contribution in [-0.4, -0.2) is 0 Å². The molecule has 2 nitrogen and oxygen atoms in total. The average molecular weight is 259 g/mol. The van der Waals surface area contributed by atoms with Crippen LogP contribution in [0.15, 0.2) is 36.4 Å². The van der Waals surface area contributed by atoms with Crippen LogP contribution in [0.25, 0.3) is 0 Å². The Labute approximate surface area is 113 Å². The van der Waals surface area contributed by atoms with Crippen LogP contribution >= 0.6 is 0 Å². The molecule has 0 radical (unpaired) electrons. The van der Waals surface area contributed by atoms with Gasteiger partial charge in [0.25, 0.3) is 0 Å². The molecule has 2 rings (SSSR count). The molecule has 2 aromatic rings. The maximum Gasteiger partial charge on any atom is 0.165 e. The summed E-state index contributed by atoms with van der Waals surface area (Å²) in [6.07, 6.45) is 0. The van der Waals surface area contributed by atoms with E-state index in [4.69, 9.17) is 10.5 Å². The van der Waals surface area contributed by atoms with Crippen molar-refractivity contribution in [2.75, 3.05) is 0 Å². The van der Waals surface area contributed by atoms with Crippen molar-refractivity contribution in [2.24, 2.45) is 5.73 Å². The Morgan fingerprint density at radius 1 is 1.05 bits per heavy atom. The number of nitrogens with two attached hydrogens (primary N) is 1. The lowest BCUT2D eigenvalue weighted by atomic mass is 10.0. The second-order valence-corrected chi connectivity index (χ2v) is 4.59. The molecular formula is C16H18FNO. The lowest BCUT2D eigenvalue weighted by molar-refractivity contribution is 0.285. The highest BCUT2D eigenvalue weighted by Gasteiger charge is 2.10. The average Bonchev–Trinajstić information content (AvgIpc) is 2.39. The Morgan fingerprint density at radius 2 is 1.68 bits per heavy atom. The second kappa shape index (κ2) is 5.85. The van der Waals surface area contributed by atoms with Crippen LogP contribution in [-0.2, 0) is 13.2 Å². The molecule has 0 fully saturated rings. The van der Waals surface area contributed by atoms with Crippen LogP contribution in [0.3, 0.4) is 0 Å².